The van der Waals surface area contributed by atoms with Crippen LogP contribution in [-0.4, -0.2) is 41.7 Å². The Labute approximate surface area is 161 Å². The first kappa shape index (κ1) is 18.4. The average molecular weight is 397 g/mol. The Kier molecular flexibility index (Phi) is 4.72. The van der Waals surface area contributed by atoms with Gasteiger partial charge in [-0.3, -0.25) is 9.59 Å². The molecular formula is C20H19N3O4S. The van der Waals surface area contributed by atoms with E-state index in [-0.39, 0.29) is 18.1 Å². The van der Waals surface area contributed by atoms with E-state index in [4.69, 9.17) is 0 Å². The minimum absolute atomic E-state index is 0.0573. The number of fused-ring (bicyclic) bond motifs is 1. The van der Waals surface area contributed by atoms with E-state index in [1.807, 2.05) is 42.5 Å². The first-order valence-electron chi connectivity index (χ1n) is 8.97. The molecule has 2 heterocycles. The topological polar surface area (TPSA) is 98.1 Å². The minimum Gasteiger partial charge on any atom is -0.351 e. The summed E-state index contributed by atoms with van der Waals surface area (Å²) in [5, 5.41) is 9.15. The van der Waals surface area contributed by atoms with E-state index in [2.05, 4.69) is 10.4 Å². The Balaban J connectivity index is 1.55. The molecule has 1 unspecified atom stereocenters. The third kappa shape index (κ3) is 3.96. The molecule has 8 heteroatoms. The fraction of sp³-hybridized carbons (Fsp3) is 0.250. The fourth-order valence-corrected chi connectivity index (χ4v) is 5.06. The number of carbonyl (C=O) groups is 1. The molecule has 1 atom stereocenters. The van der Waals surface area contributed by atoms with Crippen molar-refractivity contribution in [3.05, 3.63) is 65.0 Å². The molecule has 1 amide bonds. The molecule has 0 radical (unpaired) electrons. The first-order valence-corrected chi connectivity index (χ1v) is 10.8. The Morgan fingerprint density at radius 3 is 2.64 bits per heavy atom. The molecule has 1 N–H and O–H groups in total. The van der Waals surface area contributed by atoms with Crippen molar-refractivity contribution >= 4 is 26.5 Å². The molecule has 144 valence electrons. The van der Waals surface area contributed by atoms with E-state index < -0.39 is 27.3 Å². The van der Waals surface area contributed by atoms with Crippen molar-refractivity contribution in [2.24, 2.45) is 0 Å². The maximum atomic E-state index is 12.2. The second kappa shape index (κ2) is 7.20. The summed E-state index contributed by atoms with van der Waals surface area (Å²) < 4.78 is 24.1. The monoisotopic (exact) mass is 397 g/mol. The van der Waals surface area contributed by atoms with Gasteiger partial charge in [0.1, 0.15) is 6.54 Å². The number of sulfone groups is 1. The van der Waals surface area contributed by atoms with E-state index in [1.165, 1.54) is 6.07 Å². The van der Waals surface area contributed by atoms with E-state index >= 15 is 0 Å². The molecule has 1 aliphatic heterocycles. The summed E-state index contributed by atoms with van der Waals surface area (Å²) in [5.41, 5.74) is 1.04. The predicted octanol–water partition coefficient (Wildman–Crippen LogP) is 1.37. The van der Waals surface area contributed by atoms with Crippen molar-refractivity contribution in [3.8, 4) is 11.3 Å². The SMILES string of the molecule is O=C(Cn1nc(-c2ccc3ccccc3c2)ccc1=O)NC1CCS(=O)(=O)C1. The Morgan fingerprint density at radius 2 is 1.89 bits per heavy atom. The van der Waals surface area contributed by atoms with Crippen molar-refractivity contribution in [1.82, 2.24) is 15.1 Å². The van der Waals surface area contributed by atoms with Crippen LogP contribution in [0, 0.1) is 0 Å². The lowest BCUT2D eigenvalue weighted by atomic mass is 10.1. The molecule has 0 saturated carbocycles. The molecule has 28 heavy (non-hydrogen) atoms. The third-order valence-electron chi connectivity index (χ3n) is 4.80. The number of amides is 1. The highest BCUT2D eigenvalue weighted by molar-refractivity contribution is 7.91. The highest BCUT2D eigenvalue weighted by atomic mass is 32.2. The average Bonchev–Trinajstić information content (AvgIpc) is 3.01. The summed E-state index contributed by atoms with van der Waals surface area (Å²) in [6.45, 7) is -0.253. The molecule has 1 saturated heterocycles. The molecule has 0 bridgehead atoms. The molecule has 1 aliphatic rings. The molecule has 7 nitrogen and oxygen atoms in total. The molecular weight excluding hydrogens is 378 g/mol. The van der Waals surface area contributed by atoms with Crippen LogP contribution in [0.4, 0.5) is 0 Å². The predicted molar refractivity (Wildman–Crippen MR) is 107 cm³/mol. The van der Waals surface area contributed by atoms with Crippen LogP contribution in [0.3, 0.4) is 0 Å². The van der Waals surface area contributed by atoms with Gasteiger partial charge in [0.25, 0.3) is 5.56 Å². The summed E-state index contributed by atoms with van der Waals surface area (Å²) in [7, 11) is -3.08. The van der Waals surface area contributed by atoms with Gasteiger partial charge in [0.15, 0.2) is 9.84 Å². The summed E-state index contributed by atoms with van der Waals surface area (Å²) >= 11 is 0. The summed E-state index contributed by atoms with van der Waals surface area (Å²) in [6.07, 6.45) is 0.396. The zero-order valence-electron chi connectivity index (χ0n) is 15.0. The van der Waals surface area contributed by atoms with Crippen molar-refractivity contribution < 1.29 is 13.2 Å². The zero-order valence-corrected chi connectivity index (χ0v) is 15.9. The van der Waals surface area contributed by atoms with Crippen LogP contribution in [0.25, 0.3) is 22.0 Å². The molecule has 4 rings (SSSR count). The van der Waals surface area contributed by atoms with Crippen molar-refractivity contribution in [2.45, 2.75) is 19.0 Å². The van der Waals surface area contributed by atoms with E-state index in [1.54, 1.807) is 6.07 Å². The van der Waals surface area contributed by atoms with E-state index in [0.717, 1.165) is 21.0 Å². The number of aromatic nitrogens is 2. The lowest BCUT2D eigenvalue weighted by molar-refractivity contribution is -0.122. The summed E-state index contributed by atoms with van der Waals surface area (Å²) in [6, 6.07) is 16.4. The van der Waals surface area contributed by atoms with Crippen LogP contribution in [0.15, 0.2) is 59.4 Å². The van der Waals surface area contributed by atoms with Gasteiger partial charge in [0.2, 0.25) is 5.91 Å². The molecule has 0 spiro atoms. The molecule has 1 aromatic heterocycles. The standard InChI is InChI=1S/C20H19N3O4S/c24-19(21-17-9-10-28(26,27)13-17)12-23-20(25)8-7-18(22-23)16-6-5-14-3-1-2-4-15(14)11-16/h1-8,11,17H,9-10,12-13H2,(H,21,24). The second-order valence-electron chi connectivity index (χ2n) is 6.94. The Hall–Kier alpha value is -3.00. The van der Waals surface area contributed by atoms with Gasteiger partial charge >= 0.3 is 0 Å². The number of hydrogen-bond acceptors (Lipinski definition) is 5. The third-order valence-corrected chi connectivity index (χ3v) is 6.57. The lowest BCUT2D eigenvalue weighted by Gasteiger charge is -2.12. The van der Waals surface area contributed by atoms with E-state index in [0.29, 0.717) is 12.1 Å². The Bertz CT molecular complexity index is 1220. The largest absolute Gasteiger partial charge is 0.351 e. The highest BCUT2D eigenvalue weighted by Crippen LogP contribution is 2.22. The quantitative estimate of drug-likeness (QED) is 0.717. The number of benzene rings is 2. The minimum atomic E-state index is -3.08. The van der Waals surface area contributed by atoms with Crippen molar-refractivity contribution in [1.29, 1.82) is 0 Å². The van der Waals surface area contributed by atoms with Crippen LogP contribution in [-0.2, 0) is 21.2 Å². The van der Waals surface area contributed by atoms with Gasteiger partial charge in [-0.25, -0.2) is 13.1 Å². The normalized spacial score (nSPS) is 18.2. The van der Waals surface area contributed by atoms with Gasteiger partial charge in [-0.15, -0.1) is 0 Å². The maximum Gasteiger partial charge on any atom is 0.267 e. The van der Waals surface area contributed by atoms with Gasteiger partial charge in [0, 0.05) is 17.7 Å². The van der Waals surface area contributed by atoms with Crippen molar-refractivity contribution in [2.75, 3.05) is 11.5 Å². The highest BCUT2D eigenvalue weighted by Gasteiger charge is 2.28. The number of carbonyl (C=O) groups excluding carboxylic acids is 1. The smallest absolute Gasteiger partial charge is 0.267 e. The van der Waals surface area contributed by atoms with Crippen LogP contribution >= 0.6 is 0 Å². The van der Waals surface area contributed by atoms with Gasteiger partial charge in [-0.1, -0.05) is 36.4 Å². The van der Waals surface area contributed by atoms with Gasteiger partial charge in [-0.2, -0.15) is 5.10 Å². The van der Waals surface area contributed by atoms with Gasteiger partial charge in [0.05, 0.1) is 17.2 Å². The van der Waals surface area contributed by atoms with Gasteiger partial charge in [-0.05, 0) is 29.3 Å². The van der Waals surface area contributed by atoms with Crippen LogP contribution in [0.5, 0.6) is 0 Å². The van der Waals surface area contributed by atoms with E-state index in [9.17, 15) is 18.0 Å². The summed E-state index contributed by atoms with van der Waals surface area (Å²) in [5.74, 6) is -0.404. The van der Waals surface area contributed by atoms with Gasteiger partial charge < -0.3 is 5.32 Å². The molecule has 2 aromatic carbocycles. The maximum absolute atomic E-state index is 12.2. The van der Waals surface area contributed by atoms with Crippen LogP contribution in [0.1, 0.15) is 6.42 Å². The zero-order chi connectivity index (χ0) is 19.7. The molecule has 0 aliphatic carbocycles. The second-order valence-corrected chi connectivity index (χ2v) is 9.17. The number of rotatable bonds is 4. The fourth-order valence-electron chi connectivity index (χ4n) is 3.38. The number of hydrogen-bond donors (Lipinski definition) is 1. The lowest BCUT2D eigenvalue weighted by Crippen LogP contribution is -2.40. The number of nitrogens with zero attached hydrogens (tertiary/aromatic N) is 2. The van der Waals surface area contributed by atoms with Crippen LogP contribution in [0.2, 0.25) is 0 Å². The molecule has 3 aromatic rings. The summed E-state index contributed by atoms with van der Waals surface area (Å²) in [4.78, 5) is 24.4. The first-order chi connectivity index (χ1) is 13.4. The van der Waals surface area contributed by atoms with Crippen molar-refractivity contribution in [3.63, 3.8) is 0 Å². The van der Waals surface area contributed by atoms with Crippen LogP contribution < -0.4 is 10.9 Å². The molecule has 1 fully saturated rings. The Morgan fingerprint density at radius 1 is 1.11 bits per heavy atom. The number of nitrogens with one attached hydrogen (secondary N) is 1.